The molecule has 0 aromatic heterocycles. The molecule has 3 heteroatoms. The summed E-state index contributed by atoms with van der Waals surface area (Å²) in [4.78, 5) is 17.1. The standard InChI is InChI=1S/C17H24N2O/c1-14-11-18(12-15-7-3-2-4-8-15)13-16(14)17(20)19-9-5-6-10-19/h2-4,7-8,14,16H,5-6,9-13H2,1H3. The monoisotopic (exact) mass is 272 g/mol. The van der Waals surface area contributed by atoms with E-state index in [1.807, 2.05) is 0 Å². The summed E-state index contributed by atoms with van der Waals surface area (Å²) in [6, 6.07) is 10.6. The third-order valence-corrected chi connectivity index (χ3v) is 4.67. The molecule has 2 aliphatic rings. The van der Waals surface area contributed by atoms with E-state index in [4.69, 9.17) is 0 Å². The molecule has 1 amide bonds. The van der Waals surface area contributed by atoms with Gasteiger partial charge in [0.1, 0.15) is 0 Å². The van der Waals surface area contributed by atoms with Crippen molar-refractivity contribution in [2.45, 2.75) is 26.3 Å². The molecule has 0 aliphatic carbocycles. The average Bonchev–Trinajstić information content (AvgIpc) is 3.09. The fourth-order valence-electron chi connectivity index (χ4n) is 3.53. The van der Waals surface area contributed by atoms with Crippen LogP contribution in [0.2, 0.25) is 0 Å². The van der Waals surface area contributed by atoms with Crippen LogP contribution in [0.1, 0.15) is 25.3 Å². The number of hydrogen-bond acceptors (Lipinski definition) is 2. The topological polar surface area (TPSA) is 23.6 Å². The van der Waals surface area contributed by atoms with Gasteiger partial charge in [-0.25, -0.2) is 0 Å². The third kappa shape index (κ3) is 2.88. The maximum atomic E-state index is 12.6. The van der Waals surface area contributed by atoms with Gasteiger partial charge in [0.25, 0.3) is 0 Å². The van der Waals surface area contributed by atoms with Crippen LogP contribution in [0.5, 0.6) is 0 Å². The minimum absolute atomic E-state index is 0.205. The van der Waals surface area contributed by atoms with Crippen molar-refractivity contribution in [2.75, 3.05) is 26.2 Å². The number of nitrogens with zero attached hydrogens (tertiary/aromatic N) is 2. The molecule has 0 radical (unpaired) electrons. The van der Waals surface area contributed by atoms with Crippen LogP contribution >= 0.6 is 0 Å². The molecule has 3 rings (SSSR count). The van der Waals surface area contributed by atoms with Crippen molar-refractivity contribution in [3.63, 3.8) is 0 Å². The molecule has 2 saturated heterocycles. The fourth-order valence-corrected chi connectivity index (χ4v) is 3.53. The summed E-state index contributed by atoms with van der Waals surface area (Å²) in [6.07, 6.45) is 2.36. The smallest absolute Gasteiger partial charge is 0.227 e. The Kier molecular flexibility index (Phi) is 4.06. The summed E-state index contributed by atoms with van der Waals surface area (Å²) in [5.74, 6) is 1.08. The summed E-state index contributed by atoms with van der Waals surface area (Å²) in [5.41, 5.74) is 1.34. The summed E-state index contributed by atoms with van der Waals surface area (Å²) in [5, 5.41) is 0. The number of hydrogen-bond donors (Lipinski definition) is 0. The van der Waals surface area contributed by atoms with Crippen molar-refractivity contribution in [1.82, 2.24) is 9.80 Å². The lowest BCUT2D eigenvalue weighted by atomic mass is 9.97. The Hall–Kier alpha value is -1.35. The molecule has 1 aromatic rings. The SMILES string of the molecule is CC1CN(Cc2ccccc2)CC1C(=O)N1CCCC1. The van der Waals surface area contributed by atoms with Gasteiger partial charge in [-0.1, -0.05) is 37.3 Å². The van der Waals surface area contributed by atoms with Crippen molar-refractivity contribution < 1.29 is 4.79 Å². The Morgan fingerprint density at radius 1 is 1.15 bits per heavy atom. The molecule has 0 bridgehead atoms. The van der Waals surface area contributed by atoms with E-state index in [1.165, 1.54) is 18.4 Å². The summed E-state index contributed by atoms with van der Waals surface area (Å²) in [7, 11) is 0. The highest BCUT2D eigenvalue weighted by Gasteiger charge is 2.37. The third-order valence-electron chi connectivity index (χ3n) is 4.67. The number of carbonyl (C=O) groups excluding carboxylic acids is 1. The van der Waals surface area contributed by atoms with Gasteiger partial charge in [0, 0.05) is 32.7 Å². The van der Waals surface area contributed by atoms with Crippen molar-refractivity contribution in [2.24, 2.45) is 11.8 Å². The predicted molar refractivity (Wildman–Crippen MR) is 80.2 cm³/mol. The predicted octanol–water partition coefficient (Wildman–Crippen LogP) is 2.38. The van der Waals surface area contributed by atoms with E-state index in [1.54, 1.807) is 0 Å². The zero-order valence-electron chi connectivity index (χ0n) is 12.3. The van der Waals surface area contributed by atoms with E-state index in [-0.39, 0.29) is 5.92 Å². The van der Waals surface area contributed by atoms with Crippen LogP contribution in [0.15, 0.2) is 30.3 Å². The van der Waals surface area contributed by atoms with E-state index in [9.17, 15) is 4.79 Å². The van der Waals surface area contributed by atoms with Crippen molar-refractivity contribution in [3.05, 3.63) is 35.9 Å². The fraction of sp³-hybridized carbons (Fsp3) is 0.588. The molecule has 2 unspecified atom stereocenters. The van der Waals surface area contributed by atoms with Gasteiger partial charge in [-0.2, -0.15) is 0 Å². The highest BCUT2D eigenvalue weighted by Crippen LogP contribution is 2.27. The Morgan fingerprint density at radius 3 is 2.55 bits per heavy atom. The molecular formula is C17H24N2O. The minimum Gasteiger partial charge on any atom is -0.342 e. The first-order chi connectivity index (χ1) is 9.74. The molecule has 2 heterocycles. The number of carbonyl (C=O) groups is 1. The van der Waals surface area contributed by atoms with Gasteiger partial charge in [-0.15, -0.1) is 0 Å². The highest BCUT2D eigenvalue weighted by molar-refractivity contribution is 5.80. The van der Waals surface area contributed by atoms with Crippen LogP contribution in [0.25, 0.3) is 0 Å². The van der Waals surface area contributed by atoms with E-state index in [0.717, 1.165) is 32.7 Å². The van der Waals surface area contributed by atoms with Crippen LogP contribution in [0.4, 0.5) is 0 Å². The Labute approximate surface area is 121 Å². The van der Waals surface area contributed by atoms with Gasteiger partial charge in [0.15, 0.2) is 0 Å². The van der Waals surface area contributed by atoms with Gasteiger partial charge in [-0.05, 0) is 24.3 Å². The zero-order chi connectivity index (χ0) is 13.9. The van der Waals surface area contributed by atoms with Crippen LogP contribution in [-0.4, -0.2) is 41.9 Å². The normalized spacial score (nSPS) is 27.1. The van der Waals surface area contributed by atoms with Gasteiger partial charge in [0.2, 0.25) is 5.91 Å². The Morgan fingerprint density at radius 2 is 1.85 bits per heavy atom. The number of benzene rings is 1. The number of likely N-dealkylation sites (tertiary alicyclic amines) is 2. The number of amides is 1. The Balaban J connectivity index is 1.60. The molecule has 0 N–H and O–H groups in total. The lowest BCUT2D eigenvalue weighted by molar-refractivity contribution is -0.135. The molecule has 2 fully saturated rings. The van der Waals surface area contributed by atoms with Gasteiger partial charge >= 0.3 is 0 Å². The van der Waals surface area contributed by atoms with Crippen molar-refractivity contribution >= 4 is 5.91 Å². The molecule has 3 nitrogen and oxygen atoms in total. The van der Waals surface area contributed by atoms with Crippen molar-refractivity contribution in [1.29, 1.82) is 0 Å². The molecule has 2 atom stereocenters. The second kappa shape index (κ2) is 5.96. The second-order valence-electron chi connectivity index (χ2n) is 6.30. The van der Waals surface area contributed by atoms with Gasteiger partial charge in [-0.3, -0.25) is 9.69 Å². The van der Waals surface area contributed by atoms with E-state index in [2.05, 4.69) is 47.1 Å². The maximum Gasteiger partial charge on any atom is 0.227 e. The number of rotatable bonds is 3. The molecule has 108 valence electrons. The molecule has 2 aliphatic heterocycles. The van der Waals surface area contributed by atoms with Crippen LogP contribution in [-0.2, 0) is 11.3 Å². The summed E-state index contributed by atoms with van der Waals surface area (Å²) < 4.78 is 0. The minimum atomic E-state index is 0.205. The first-order valence-electron chi connectivity index (χ1n) is 7.79. The molecule has 0 saturated carbocycles. The Bertz CT molecular complexity index is 453. The molecule has 0 spiro atoms. The zero-order valence-corrected chi connectivity index (χ0v) is 12.3. The maximum absolute atomic E-state index is 12.6. The van der Waals surface area contributed by atoms with E-state index in [0.29, 0.717) is 11.8 Å². The first-order valence-corrected chi connectivity index (χ1v) is 7.79. The van der Waals surface area contributed by atoms with E-state index >= 15 is 0 Å². The highest BCUT2D eigenvalue weighted by atomic mass is 16.2. The van der Waals surface area contributed by atoms with Crippen LogP contribution in [0.3, 0.4) is 0 Å². The van der Waals surface area contributed by atoms with Crippen molar-refractivity contribution in [3.8, 4) is 0 Å². The molecular weight excluding hydrogens is 248 g/mol. The van der Waals surface area contributed by atoms with Gasteiger partial charge in [0.05, 0.1) is 5.92 Å². The van der Waals surface area contributed by atoms with E-state index < -0.39 is 0 Å². The summed E-state index contributed by atoms with van der Waals surface area (Å²) in [6.45, 7) is 7.10. The molecule has 20 heavy (non-hydrogen) atoms. The van der Waals surface area contributed by atoms with Gasteiger partial charge < -0.3 is 4.90 Å². The second-order valence-corrected chi connectivity index (χ2v) is 6.30. The lowest BCUT2D eigenvalue weighted by Crippen LogP contribution is -2.37. The lowest BCUT2D eigenvalue weighted by Gasteiger charge is -2.22. The summed E-state index contributed by atoms with van der Waals surface area (Å²) >= 11 is 0. The first kappa shape index (κ1) is 13.6. The molecule has 1 aromatic carbocycles. The largest absolute Gasteiger partial charge is 0.342 e. The van der Waals surface area contributed by atoms with Crippen LogP contribution in [0, 0.1) is 11.8 Å². The quantitative estimate of drug-likeness (QED) is 0.843. The average molecular weight is 272 g/mol. The van der Waals surface area contributed by atoms with Crippen LogP contribution < -0.4 is 0 Å².